The Hall–Kier alpha value is -1.78. The van der Waals surface area contributed by atoms with Crippen molar-refractivity contribution in [3.8, 4) is 0 Å². The van der Waals surface area contributed by atoms with E-state index in [-0.39, 0.29) is 21.2 Å². The second-order valence-corrected chi connectivity index (χ2v) is 9.43. The number of hydrogen-bond acceptors (Lipinski definition) is 4. The van der Waals surface area contributed by atoms with E-state index >= 15 is 0 Å². The van der Waals surface area contributed by atoms with Gasteiger partial charge in [0.2, 0.25) is 10.0 Å². The van der Waals surface area contributed by atoms with Crippen LogP contribution in [-0.2, 0) is 10.0 Å². The zero-order valence-corrected chi connectivity index (χ0v) is 17.8. The molecule has 1 fully saturated rings. The number of halogens is 4. The molecule has 1 saturated carbocycles. The van der Waals surface area contributed by atoms with Crippen LogP contribution in [0.25, 0.3) is 0 Å². The highest BCUT2D eigenvalue weighted by Gasteiger charge is 2.29. The Labute approximate surface area is 182 Å². The largest absolute Gasteiger partial charge is 0.391 e. The first-order valence-corrected chi connectivity index (χ1v) is 11.3. The number of amides is 1. The number of aliphatic hydroxyl groups excluding tert-OH is 1. The lowest BCUT2D eigenvalue weighted by Crippen LogP contribution is -2.45. The number of benzene rings is 2. The van der Waals surface area contributed by atoms with Gasteiger partial charge >= 0.3 is 0 Å². The number of sulfonamides is 1. The highest BCUT2D eigenvalue weighted by molar-refractivity contribution is 7.89. The number of carbonyl (C=O) groups excluding carboxylic acids is 1. The summed E-state index contributed by atoms with van der Waals surface area (Å²) in [5.74, 6) is -3.26. The fraction of sp³-hybridized carbons (Fsp3) is 0.316. The van der Waals surface area contributed by atoms with Gasteiger partial charge in [-0.25, -0.2) is 21.9 Å². The molecule has 6 nitrogen and oxygen atoms in total. The lowest BCUT2D eigenvalue weighted by Gasteiger charge is -2.28. The Morgan fingerprint density at radius 1 is 1.07 bits per heavy atom. The summed E-state index contributed by atoms with van der Waals surface area (Å²) in [5.41, 5.74) is -0.184. The first kappa shape index (κ1) is 22.9. The number of carbonyl (C=O) groups is 1. The van der Waals surface area contributed by atoms with Gasteiger partial charge in [-0.15, -0.1) is 0 Å². The van der Waals surface area contributed by atoms with Gasteiger partial charge in [-0.05, 0) is 37.1 Å². The molecule has 3 N–H and O–H groups in total. The normalized spacial score (nSPS) is 19.5. The number of aliphatic hydroxyl groups is 1. The van der Waals surface area contributed by atoms with Gasteiger partial charge in [0.05, 0.1) is 16.1 Å². The maximum atomic E-state index is 13.5. The topological polar surface area (TPSA) is 95.5 Å². The van der Waals surface area contributed by atoms with E-state index in [1.165, 1.54) is 12.1 Å². The molecule has 2 aromatic rings. The smallest absolute Gasteiger partial charge is 0.255 e. The summed E-state index contributed by atoms with van der Waals surface area (Å²) >= 11 is 11.6. The average Bonchev–Trinajstić information content (AvgIpc) is 2.68. The predicted octanol–water partition coefficient (Wildman–Crippen LogP) is 4.11. The molecule has 1 aliphatic carbocycles. The molecule has 0 spiro atoms. The third-order valence-corrected chi connectivity index (χ3v) is 7.01. The molecule has 1 amide bonds. The fourth-order valence-electron chi connectivity index (χ4n) is 3.19. The Morgan fingerprint density at radius 2 is 1.77 bits per heavy atom. The molecule has 0 saturated heterocycles. The van der Waals surface area contributed by atoms with Crippen molar-refractivity contribution in [3.05, 3.63) is 57.6 Å². The molecule has 30 heavy (non-hydrogen) atoms. The summed E-state index contributed by atoms with van der Waals surface area (Å²) in [7, 11) is -4.12. The van der Waals surface area contributed by atoms with E-state index in [1.807, 2.05) is 0 Å². The SMILES string of the molecule is O=C(Nc1cc(F)c(F)c(Cl)c1)c1ccc(Cl)c(S(=O)(=O)NC2CCCCC2O)c1. The van der Waals surface area contributed by atoms with Gasteiger partial charge in [0.1, 0.15) is 4.90 Å². The molecule has 0 aliphatic heterocycles. The highest BCUT2D eigenvalue weighted by Crippen LogP contribution is 2.27. The van der Waals surface area contributed by atoms with Gasteiger partial charge in [0.15, 0.2) is 11.6 Å². The van der Waals surface area contributed by atoms with E-state index in [2.05, 4.69) is 10.0 Å². The lowest BCUT2D eigenvalue weighted by molar-refractivity contribution is 0.101. The molecule has 162 valence electrons. The molecule has 2 atom stereocenters. The monoisotopic (exact) mass is 478 g/mol. The molecule has 3 rings (SSSR count). The maximum Gasteiger partial charge on any atom is 0.255 e. The molecule has 2 unspecified atom stereocenters. The Balaban J connectivity index is 1.84. The first-order chi connectivity index (χ1) is 14.1. The van der Waals surface area contributed by atoms with Gasteiger partial charge in [-0.1, -0.05) is 36.0 Å². The molecule has 0 aromatic heterocycles. The van der Waals surface area contributed by atoms with Crippen LogP contribution >= 0.6 is 23.2 Å². The minimum absolute atomic E-state index is 0.0789. The van der Waals surface area contributed by atoms with Gasteiger partial charge in [0, 0.05) is 23.4 Å². The summed E-state index contributed by atoms with van der Waals surface area (Å²) < 4.78 is 54.8. The van der Waals surface area contributed by atoms with Crippen LogP contribution in [0.2, 0.25) is 10.0 Å². The van der Waals surface area contributed by atoms with Gasteiger partial charge in [0.25, 0.3) is 5.91 Å². The third kappa shape index (κ3) is 5.09. The minimum atomic E-state index is -4.12. The second-order valence-electron chi connectivity index (χ2n) is 6.93. The number of rotatable bonds is 5. The van der Waals surface area contributed by atoms with E-state index in [0.29, 0.717) is 12.8 Å². The van der Waals surface area contributed by atoms with Crippen LogP contribution in [0.4, 0.5) is 14.5 Å². The summed E-state index contributed by atoms with van der Waals surface area (Å²) in [4.78, 5) is 12.2. The van der Waals surface area contributed by atoms with Crippen LogP contribution < -0.4 is 10.0 Å². The molecule has 1 aliphatic rings. The van der Waals surface area contributed by atoms with Crippen LogP contribution in [-0.4, -0.2) is 31.6 Å². The van der Waals surface area contributed by atoms with Crippen molar-refractivity contribution in [2.45, 2.75) is 42.7 Å². The molecule has 11 heteroatoms. The summed E-state index contributed by atoms with van der Waals surface area (Å²) in [6.07, 6.45) is 1.74. The van der Waals surface area contributed by atoms with Crippen LogP contribution in [0.15, 0.2) is 35.2 Å². The molecule has 0 bridgehead atoms. The van der Waals surface area contributed by atoms with Crippen molar-refractivity contribution in [3.63, 3.8) is 0 Å². The van der Waals surface area contributed by atoms with Crippen LogP contribution in [0.1, 0.15) is 36.0 Å². The predicted molar refractivity (Wildman–Crippen MR) is 109 cm³/mol. The Morgan fingerprint density at radius 3 is 2.43 bits per heavy atom. The molecule has 2 aromatic carbocycles. The minimum Gasteiger partial charge on any atom is -0.391 e. The van der Waals surface area contributed by atoms with Crippen molar-refractivity contribution in [2.75, 3.05) is 5.32 Å². The second kappa shape index (κ2) is 9.15. The number of anilines is 1. The molecule has 0 radical (unpaired) electrons. The zero-order valence-electron chi connectivity index (χ0n) is 15.5. The van der Waals surface area contributed by atoms with Crippen LogP contribution in [0.5, 0.6) is 0 Å². The standard InChI is InChI=1S/C19H18Cl2F2N2O4S/c20-12-6-5-10(19(27)24-11-8-13(21)18(23)14(22)9-11)7-17(12)30(28,29)25-15-3-1-2-4-16(15)26/h5-9,15-16,25-26H,1-4H2,(H,24,27). The van der Waals surface area contributed by atoms with Crippen molar-refractivity contribution in [2.24, 2.45) is 0 Å². The van der Waals surface area contributed by atoms with Crippen molar-refractivity contribution in [1.82, 2.24) is 4.72 Å². The number of nitrogens with one attached hydrogen (secondary N) is 2. The van der Waals surface area contributed by atoms with E-state index in [1.54, 1.807) is 0 Å². The Kier molecular flexibility index (Phi) is 6.98. The molecular formula is C19H18Cl2F2N2O4S. The average molecular weight is 479 g/mol. The fourth-order valence-corrected chi connectivity index (χ4v) is 5.23. The summed E-state index contributed by atoms with van der Waals surface area (Å²) in [6.45, 7) is 0. The maximum absolute atomic E-state index is 13.5. The van der Waals surface area contributed by atoms with Gasteiger partial charge in [-0.2, -0.15) is 0 Å². The van der Waals surface area contributed by atoms with E-state index in [0.717, 1.165) is 31.0 Å². The molecular weight excluding hydrogens is 461 g/mol. The first-order valence-electron chi connectivity index (χ1n) is 9.04. The third-order valence-electron chi connectivity index (χ3n) is 4.76. The summed E-state index contributed by atoms with van der Waals surface area (Å²) in [5, 5.41) is 11.7. The quantitative estimate of drug-likeness (QED) is 0.563. The van der Waals surface area contributed by atoms with Gasteiger partial charge in [-0.3, -0.25) is 4.79 Å². The zero-order chi connectivity index (χ0) is 22.1. The van der Waals surface area contributed by atoms with Crippen molar-refractivity contribution in [1.29, 1.82) is 0 Å². The van der Waals surface area contributed by atoms with Crippen LogP contribution in [0, 0.1) is 11.6 Å². The van der Waals surface area contributed by atoms with Crippen molar-refractivity contribution >= 4 is 44.8 Å². The number of hydrogen-bond donors (Lipinski definition) is 3. The van der Waals surface area contributed by atoms with Crippen molar-refractivity contribution < 1.29 is 27.1 Å². The molecule has 0 heterocycles. The van der Waals surface area contributed by atoms with E-state index < -0.39 is 44.7 Å². The Bertz CT molecular complexity index is 1060. The van der Waals surface area contributed by atoms with Crippen LogP contribution in [0.3, 0.4) is 0 Å². The van der Waals surface area contributed by atoms with Gasteiger partial charge < -0.3 is 10.4 Å². The van der Waals surface area contributed by atoms with E-state index in [4.69, 9.17) is 23.2 Å². The lowest BCUT2D eigenvalue weighted by atomic mass is 9.93. The summed E-state index contributed by atoms with van der Waals surface area (Å²) in [6, 6.07) is 4.71. The highest BCUT2D eigenvalue weighted by atomic mass is 35.5. The van der Waals surface area contributed by atoms with E-state index in [9.17, 15) is 27.1 Å².